The van der Waals surface area contributed by atoms with Crippen molar-refractivity contribution in [3.05, 3.63) is 48.5 Å². The number of rotatable bonds is 17. The molecule has 2 rings (SSSR count). The maximum atomic E-state index is 5.79. The standard InChI is InChI=1S/C24H34O4S2/c1-25-29-23-15-11-21(12-16-23)27-19-9-7-5-3-4-6-8-10-20-28-22-13-17-24(18-14-22)30-26-2/h11-18H,3-10,19-20H2,1-2H3. The van der Waals surface area contributed by atoms with Crippen molar-refractivity contribution in [2.45, 2.75) is 61.2 Å². The molecule has 2 aromatic carbocycles. The summed E-state index contributed by atoms with van der Waals surface area (Å²) in [5.41, 5.74) is 0. The summed E-state index contributed by atoms with van der Waals surface area (Å²) in [6.07, 6.45) is 9.89. The molecule has 0 spiro atoms. The fraction of sp³-hybridized carbons (Fsp3) is 0.500. The van der Waals surface area contributed by atoms with Gasteiger partial charge in [-0.2, -0.15) is 0 Å². The number of hydrogen-bond acceptors (Lipinski definition) is 6. The highest BCUT2D eigenvalue weighted by molar-refractivity contribution is 7.94. The van der Waals surface area contributed by atoms with Crippen LogP contribution in [0.15, 0.2) is 58.3 Å². The molecule has 6 heteroatoms. The van der Waals surface area contributed by atoms with Crippen molar-refractivity contribution in [2.24, 2.45) is 0 Å². The van der Waals surface area contributed by atoms with Crippen molar-refractivity contribution in [3.8, 4) is 11.5 Å². The van der Waals surface area contributed by atoms with Gasteiger partial charge < -0.3 is 17.8 Å². The first-order valence-electron chi connectivity index (χ1n) is 10.7. The summed E-state index contributed by atoms with van der Waals surface area (Å²) in [5, 5.41) is 0. The van der Waals surface area contributed by atoms with Crippen molar-refractivity contribution in [3.63, 3.8) is 0 Å². The van der Waals surface area contributed by atoms with Gasteiger partial charge in [0.25, 0.3) is 0 Å². The molecule has 0 radical (unpaired) electrons. The van der Waals surface area contributed by atoms with Crippen molar-refractivity contribution >= 4 is 24.1 Å². The van der Waals surface area contributed by atoms with E-state index >= 15 is 0 Å². The predicted molar refractivity (Wildman–Crippen MR) is 127 cm³/mol. The first-order chi connectivity index (χ1) is 14.8. The van der Waals surface area contributed by atoms with E-state index in [1.807, 2.05) is 48.5 Å². The maximum Gasteiger partial charge on any atom is 0.119 e. The number of ether oxygens (including phenoxy) is 2. The number of benzene rings is 2. The maximum absolute atomic E-state index is 5.79. The normalized spacial score (nSPS) is 10.9. The Hall–Kier alpha value is -1.34. The Labute approximate surface area is 190 Å². The molecule has 0 aliphatic rings. The largest absolute Gasteiger partial charge is 0.494 e. The van der Waals surface area contributed by atoms with Crippen LogP contribution >= 0.6 is 24.1 Å². The third-order valence-corrected chi connectivity index (χ3v) is 5.85. The minimum Gasteiger partial charge on any atom is -0.494 e. The van der Waals surface area contributed by atoms with Crippen LogP contribution in [0.3, 0.4) is 0 Å². The van der Waals surface area contributed by atoms with Gasteiger partial charge in [-0.1, -0.05) is 38.5 Å². The van der Waals surface area contributed by atoms with Gasteiger partial charge >= 0.3 is 0 Å². The third kappa shape index (κ3) is 11.2. The number of unbranched alkanes of at least 4 members (excludes halogenated alkanes) is 7. The molecule has 0 fully saturated rings. The molecule has 0 saturated heterocycles. The SMILES string of the molecule is COSc1ccc(OCCCCCCCCCCOc2ccc(SOC)cc2)cc1. The second-order valence-corrected chi connectivity index (χ2v) is 8.91. The molecule has 2 aromatic rings. The van der Waals surface area contributed by atoms with Gasteiger partial charge in [0, 0.05) is 33.9 Å². The second-order valence-electron chi connectivity index (χ2n) is 6.97. The topological polar surface area (TPSA) is 36.9 Å². The molecular formula is C24H34O4S2. The molecular weight excluding hydrogens is 416 g/mol. The smallest absolute Gasteiger partial charge is 0.119 e. The van der Waals surface area contributed by atoms with E-state index in [1.165, 1.54) is 62.6 Å². The lowest BCUT2D eigenvalue weighted by Crippen LogP contribution is -1.97. The highest BCUT2D eigenvalue weighted by Crippen LogP contribution is 2.22. The van der Waals surface area contributed by atoms with Crippen molar-refractivity contribution in [1.82, 2.24) is 0 Å². The summed E-state index contributed by atoms with van der Waals surface area (Å²) in [5.74, 6) is 1.87. The summed E-state index contributed by atoms with van der Waals surface area (Å²) in [7, 11) is 3.35. The Morgan fingerprint density at radius 2 is 0.833 bits per heavy atom. The van der Waals surface area contributed by atoms with E-state index in [4.69, 9.17) is 17.8 Å². The lowest BCUT2D eigenvalue weighted by Gasteiger charge is -2.07. The van der Waals surface area contributed by atoms with Gasteiger partial charge in [0.1, 0.15) is 11.5 Å². The van der Waals surface area contributed by atoms with Crippen LogP contribution in [-0.4, -0.2) is 27.4 Å². The first-order valence-corrected chi connectivity index (χ1v) is 12.2. The zero-order valence-electron chi connectivity index (χ0n) is 18.1. The lowest BCUT2D eigenvalue weighted by atomic mass is 10.1. The van der Waals surface area contributed by atoms with Crippen LogP contribution < -0.4 is 9.47 Å². The van der Waals surface area contributed by atoms with E-state index in [1.54, 1.807) is 14.2 Å². The lowest BCUT2D eigenvalue weighted by molar-refractivity contribution is 0.301. The molecule has 4 nitrogen and oxygen atoms in total. The molecule has 0 N–H and O–H groups in total. The van der Waals surface area contributed by atoms with Gasteiger partial charge in [0.05, 0.1) is 27.4 Å². The van der Waals surface area contributed by atoms with Gasteiger partial charge in [-0.25, -0.2) is 0 Å². The highest BCUT2D eigenvalue weighted by atomic mass is 32.2. The van der Waals surface area contributed by atoms with E-state index in [0.717, 1.165) is 47.3 Å². The molecule has 0 amide bonds. The number of hydrogen-bond donors (Lipinski definition) is 0. The zero-order valence-corrected chi connectivity index (χ0v) is 19.8. The summed E-state index contributed by atoms with van der Waals surface area (Å²) < 4.78 is 21.7. The zero-order chi connectivity index (χ0) is 21.3. The molecule has 30 heavy (non-hydrogen) atoms. The molecule has 166 valence electrons. The summed E-state index contributed by atoms with van der Waals surface area (Å²) in [4.78, 5) is 2.18. The van der Waals surface area contributed by atoms with Crippen LogP contribution in [0.25, 0.3) is 0 Å². The fourth-order valence-corrected chi connectivity index (χ4v) is 3.90. The molecule has 0 saturated carbocycles. The van der Waals surface area contributed by atoms with Gasteiger partial charge in [-0.05, 0) is 61.4 Å². The van der Waals surface area contributed by atoms with Gasteiger partial charge in [-0.15, -0.1) is 0 Å². The molecule has 0 aliphatic carbocycles. The van der Waals surface area contributed by atoms with Crippen LogP contribution in [0.4, 0.5) is 0 Å². The fourth-order valence-electron chi connectivity index (χ4n) is 3.02. The monoisotopic (exact) mass is 450 g/mol. The Balaban J connectivity index is 1.37. The molecule has 0 heterocycles. The van der Waals surface area contributed by atoms with E-state index in [-0.39, 0.29) is 0 Å². The molecule has 0 aliphatic heterocycles. The summed E-state index contributed by atoms with van der Waals surface area (Å²) >= 11 is 2.73. The summed E-state index contributed by atoms with van der Waals surface area (Å²) in [6.45, 7) is 1.58. The molecule has 0 atom stereocenters. The molecule has 0 unspecified atom stereocenters. The van der Waals surface area contributed by atoms with Crippen LogP contribution in [0.5, 0.6) is 11.5 Å². The van der Waals surface area contributed by atoms with Crippen LogP contribution in [-0.2, 0) is 8.37 Å². The molecule has 0 aromatic heterocycles. The van der Waals surface area contributed by atoms with Gasteiger partial charge in [0.2, 0.25) is 0 Å². The van der Waals surface area contributed by atoms with E-state index < -0.39 is 0 Å². The van der Waals surface area contributed by atoms with Gasteiger partial charge in [-0.3, -0.25) is 0 Å². The van der Waals surface area contributed by atoms with E-state index in [2.05, 4.69) is 0 Å². The average molecular weight is 451 g/mol. The Bertz CT molecular complexity index is 602. The summed E-state index contributed by atoms with van der Waals surface area (Å²) in [6, 6.07) is 16.1. The van der Waals surface area contributed by atoms with Crippen molar-refractivity contribution in [2.75, 3.05) is 27.4 Å². The van der Waals surface area contributed by atoms with Crippen LogP contribution in [0.2, 0.25) is 0 Å². The second kappa shape index (κ2) is 16.4. The van der Waals surface area contributed by atoms with Crippen LogP contribution in [0, 0.1) is 0 Å². The van der Waals surface area contributed by atoms with Crippen molar-refractivity contribution < 1.29 is 17.8 Å². The Morgan fingerprint density at radius 3 is 1.17 bits per heavy atom. The Morgan fingerprint density at radius 1 is 0.500 bits per heavy atom. The average Bonchev–Trinajstić information content (AvgIpc) is 2.77. The minimum absolute atomic E-state index is 0.791. The molecule has 0 bridgehead atoms. The van der Waals surface area contributed by atoms with E-state index in [0.29, 0.717) is 0 Å². The van der Waals surface area contributed by atoms with E-state index in [9.17, 15) is 0 Å². The first kappa shape index (κ1) is 24.9. The van der Waals surface area contributed by atoms with Crippen molar-refractivity contribution in [1.29, 1.82) is 0 Å². The van der Waals surface area contributed by atoms with Gasteiger partial charge in [0.15, 0.2) is 0 Å². The predicted octanol–water partition coefficient (Wildman–Crippen LogP) is 7.57. The third-order valence-electron chi connectivity index (χ3n) is 4.58. The van der Waals surface area contributed by atoms with Crippen LogP contribution in [0.1, 0.15) is 51.4 Å². The quantitative estimate of drug-likeness (QED) is 0.183. The highest BCUT2D eigenvalue weighted by Gasteiger charge is 1.99. The minimum atomic E-state index is 0.791. The Kier molecular flexibility index (Phi) is 13.6.